The van der Waals surface area contributed by atoms with Crippen molar-refractivity contribution in [3.8, 4) is 0 Å². The van der Waals surface area contributed by atoms with Crippen LogP contribution >= 0.6 is 0 Å². The van der Waals surface area contributed by atoms with Crippen LogP contribution < -0.4 is 10.6 Å². The topological polar surface area (TPSA) is 81.7 Å². The third kappa shape index (κ3) is 4.62. The van der Waals surface area contributed by atoms with Gasteiger partial charge in [-0.1, -0.05) is 13.3 Å². The number of carboxylic acid groups (broad SMARTS) is 1. The van der Waals surface area contributed by atoms with Crippen molar-refractivity contribution in [3.63, 3.8) is 0 Å². The van der Waals surface area contributed by atoms with Gasteiger partial charge >= 0.3 is 5.97 Å². The molecule has 2 unspecified atom stereocenters. The van der Waals surface area contributed by atoms with Gasteiger partial charge in [-0.15, -0.1) is 0 Å². The molecule has 0 aliphatic carbocycles. The Morgan fingerprint density at radius 2 is 2.28 bits per heavy atom. The summed E-state index contributed by atoms with van der Waals surface area (Å²) in [6.45, 7) is 5.90. The van der Waals surface area contributed by atoms with E-state index in [1.165, 1.54) is 0 Å². The molecule has 1 heterocycles. The minimum absolute atomic E-state index is 0.0934. The monoisotopic (exact) mass is 257 g/mol. The van der Waals surface area contributed by atoms with E-state index in [1.54, 1.807) is 4.90 Å². The van der Waals surface area contributed by atoms with Crippen LogP contribution in [0.5, 0.6) is 0 Å². The van der Waals surface area contributed by atoms with E-state index in [0.29, 0.717) is 13.1 Å². The van der Waals surface area contributed by atoms with E-state index >= 15 is 0 Å². The highest BCUT2D eigenvalue weighted by molar-refractivity contribution is 5.80. The van der Waals surface area contributed by atoms with Crippen molar-refractivity contribution in [1.82, 2.24) is 15.5 Å². The molecule has 1 fully saturated rings. The zero-order chi connectivity index (χ0) is 13.5. The Morgan fingerprint density at radius 1 is 1.56 bits per heavy atom. The first-order valence-corrected chi connectivity index (χ1v) is 6.51. The molecule has 0 saturated carbocycles. The minimum atomic E-state index is -0.878. The molecule has 0 aromatic rings. The lowest BCUT2D eigenvalue weighted by molar-refractivity contribution is -0.144. The van der Waals surface area contributed by atoms with Gasteiger partial charge in [0.2, 0.25) is 5.91 Å². The van der Waals surface area contributed by atoms with Crippen LogP contribution in [0.4, 0.5) is 0 Å². The van der Waals surface area contributed by atoms with Gasteiger partial charge in [-0.3, -0.25) is 14.5 Å². The molecule has 1 aliphatic rings. The average Bonchev–Trinajstić information content (AvgIpc) is 2.29. The summed E-state index contributed by atoms with van der Waals surface area (Å²) in [5, 5.41) is 15.0. The van der Waals surface area contributed by atoms with Crippen molar-refractivity contribution < 1.29 is 14.7 Å². The lowest BCUT2D eigenvalue weighted by atomic mass is 10.1. The van der Waals surface area contributed by atoms with Crippen LogP contribution in [-0.2, 0) is 9.59 Å². The van der Waals surface area contributed by atoms with Gasteiger partial charge in [0, 0.05) is 25.7 Å². The number of carboxylic acids is 1. The molecule has 0 aromatic carbocycles. The predicted octanol–water partition coefficient (Wildman–Crippen LogP) is -0.350. The molecule has 0 spiro atoms. The molecule has 0 aromatic heterocycles. The average molecular weight is 257 g/mol. The summed E-state index contributed by atoms with van der Waals surface area (Å²) < 4.78 is 0. The Balaban J connectivity index is 2.43. The highest BCUT2D eigenvalue weighted by Crippen LogP contribution is 2.03. The summed E-state index contributed by atoms with van der Waals surface area (Å²) in [5.74, 6) is -0.972. The third-order valence-electron chi connectivity index (χ3n) is 3.12. The zero-order valence-electron chi connectivity index (χ0n) is 11.1. The first kappa shape index (κ1) is 14.9. The summed E-state index contributed by atoms with van der Waals surface area (Å²) in [5.41, 5.74) is 0. The lowest BCUT2D eigenvalue weighted by Crippen LogP contribution is -2.57. The number of nitrogens with one attached hydrogen (secondary N) is 2. The molecule has 1 rings (SSSR count). The standard InChI is InChI=1S/C12H23N3O3/c1-3-4-9(2)14-11(16)8-15-6-5-13-7-10(15)12(17)18/h9-10,13H,3-8H2,1-2H3,(H,14,16)(H,17,18). The number of carbonyl (C=O) groups excluding carboxylic acids is 1. The molecule has 1 aliphatic heterocycles. The minimum Gasteiger partial charge on any atom is -0.480 e. The van der Waals surface area contributed by atoms with Gasteiger partial charge in [0.15, 0.2) is 0 Å². The van der Waals surface area contributed by atoms with E-state index in [1.807, 2.05) is 6.92 Å². The molecule has 104 valence electrons. The number of amides is 1. The van der Waals surface area contributed by atoms with E-state index in [4.69, 9.17) is 5.11 Å². The number of hydrogen-bond acceptors (Lipinski definition) is 4. The summed E-state index contributed by atoms with van der Waals surface area (Å²) in [6.07, 6.45) is 1.96. The van der Waals surface area contributed by atoms with Crippen LogP contribution in [0.25, 0.3) is 0 Å². The van der Waals surface area contributed by atoms with Gasteiger partial charge in [-0.2, -0.15) is 0 Å². The first-order valence-electron chi connectivity index (χ1n) is 6.51. The molecule has 1 amide bonds. The van der Waals surface area contributed by atoms with Gasteiger partial charge in [-0.25, -0.2) is 0 Å². The van der Waals surface area contributed by atoms with Crippen molar-refractivity contribution in [2.75, 3.05) is 26.2 Å². The van der Waals surface area contributed by atoms with E-state index in [9.17, 15) is 9.59 Å². The molecule has 0 radical (unpaired) electrons. The predicted molar refractivity (Wildman–Crippen MR) is 68.4 cm³/mol. The Hall–Kier alpha value is -1.14. The number of piperazine rings is 1. The number of hydrogen-bond donors (Lipinski definition) is 3. The van der Waals surface area contributed by atoms with Crippen molar-refractivity contribution in [1.29, 1.82) is 0 Å². The fourth-order valence-electron chi connectivity index (χ4n) is 2.19. The van der Waals surface area contributed by atoms with Crippen molar-refractivity contribution in [3.05, 3.63) is 0 Å². The van der Waals surface area contributed by atoms with Gasteiger partial charge in [0.05, 0.1) is 6.54 Å². The van der Waals surface area contributed by atoms with Gasteiger partial charge < -0.3 is 15.7 Å². The summed E-state index contributed by atoms with van der Waals surface area (Å²) >= 11 is 0. The van der Waals surface area contributed by atoms with E-state index in [-0.39, 0.29) is 18.5 Å². The highest BCUT2D eigenvalue weighted by atomic mass is 16.4. The third-order valence-corrected chi connectivity index (χ3v) is 3.12. The number of nitrogens with zero attached hydrogens (tertiary/aromatic N) is 1. The molecule has 1 saturated heterocycles. The summed E-state index contributed by atoms with van der Waals surface area (Å²) in [7, 11) is 0. The number of aliphatic carboxylic acids is 1. The first-order chi connectivity index (χ1) is 8.54. The van der Waals surface area contributed by atoms with Gasteiger partial charge in [-0.05, 0) is 13.3 Å². The lowest BCUT2D eigenvalue weighted by Gasteiger charge is -2.33. The van der Waals surface area contributed by atoms with Crippen LogP contribution in [0, 0.1) is 0 Å². The Bertz CT molecular complexity index is 296. The van der Waals surface area contributed by atoms with E-state index in [0.717, 1.165) is 19.4 Å². The molecular formula is C12H23N3O3. The maximum Gasteiger partial charge on any atom is 0.322 e. The maximum absolute atomic E-state index is 11.8. The van der Waals surface area contributed by atoms with Crippen LogP contribution in [0.1, 0.15) is 26.7 Å². The smallest absolute Gasteiger partial charge is 0.322 e. The molecule has 2 atom stereocenters. The second-order valence-corrected chi connectivity index (χ2v) is 4.79. The fourth-order valence-corrected chi connectivity index (χ4v) is 2.19. The summed E-state index contributed by atoms with van der Waals surface area (Å²) in [4.78, 5) is 24.6. The zero-order valence-corrected chi connectivity index (χ0v) is 11.1. The summed E-state index contributed by atoms with van der Waals surface area (Å²) in [6, 6.07) is -0.459. The van der Waals surface area contributed by atoms with Crippen molar-refractivity contribution >= 4 is 11.9 Å². The van der Waals surface area contributed by atoms with E-state index < -0.39 is 12.0 Å². The quantitative estimate of drug-likeness (QED) is 0.606. The van der Waals surface area contributed by atoms with Crippen LogP contribution in [-0.4, -0.2) is 60.1 Å². The second kappa shape index (κ2) is 7.33. The number of rotatable bonds is 6. The van der Waals surface area contributed by atoms with Gasteiger partial charge in [0.1, 0.15) is 6.04 Å². The second-order valence-electron chi connectivity index (χ2n) is 4.79. The highest BCUT2D eigenvalue weighted by Gasteiger charge is 2.29. The molecule has 6 heteroatoms. The molecule has 3 N–H and O–H groups in total. The molecule has 18 heavy (non-hydrogen) atoms. The maximum atomic E-state index is 11.8. The Kier molecular flexibility index (Phi) is 6.07. The van der Waals surface area contributed by atoms with Crippen LogP contribution in [0.3, 0.4) is 0 Å². The molecule has 0 bridgehead atoms. The number of carbonyl (C=O) groups is 2. The normalized spacial score (nSPS) is 22.4. The fraction of sp³-hybridized carbons (Fsp3) is 0.833. The largest absolute Gasteiger partial charge is 0.480 e. The van der Waals surface area contributed by atoms with E-state index in [2.05, 4.69) is 17.6 Å². The Morgan fingerprint density at radius 3 is 2.89 bits per heavy atom. The van der Waals surface area contributed by atoms with Crippen LogP contribution in [0.15, 0.2) is 0 Å². The Labute approximate surface area is 108 Å². The molecule has 6 nitrogen and oxygen atoms in total. The van der Waals surface area contributed by atoms with Gasteiger partial charge in [0.25, 0.3) is 0 Å². The van der Waals surface area contributed by atoms with Crippen LogP contribution in [0.2, 0.25) is 0 Å². The molecular weight excluding hydrogens is 234 g/mol. The van der Waals surface area contributed by atoms with Crippen molar-refractivity contribution in [2.24, 2.45) is 0 Å². The SMILES string of the molecule is CCCC(C)NC(=O)CN1CCNCC1C(=O)O. The van der Waals surface area contributed by atoms with Crippen molar-refractivity contribution in [2.45, 2.75) is 38.8 Å².